The summed E-state index contributed by atoms with van der Waals surface area (Å²) in [5.41, 5.74) is 2.69. The summed E-state index contributed by atoms with van der Waals surface area (Å²) in [7, 11) is -5.26. The lowest BCUT2D eigenvalue weighted by Gasteiger charge is -2.22. The number of nitrogens with one attached hydrogen (secondary N) is 1. The minimum absolute atomic E-state index is 0.0536. The van der Waals surface area contributed by atoms with Crippen LogP contribution in [0.4, 0.5) is 0 Å². The van der Waals surface area contributed by atoms with E-state index < -0.39 is 33.0 Å². The molecule has 0 radical (unpaired) electrons. The predicted octanol–water partition coefficient (Wildman–Crippen LogP) is 3.88. The first kappa shape index (κ1) is 23.3. The molecule has 5 nitrogen and oxygen atoms in total. The Labute approximate surface area is 186 Å². The van der Waals surface area contributed by atoms with Crippen LogP contribution in [-0.4, -0.2) is 29.5 Å². The molecule has 2 N–H and O–H groups in total. The van der Waals surface area contributed by atoms with Gasteiger partial charge in [-0.05, 0) is 50.1 Å². The number of hydrogen-bond acceptors (Lipinski definition) is 4. The largest absolute Gasteiger partial charge is 0.388 e. The Hall–Kier alpha value is -2.32. The van der Waals surface area contributed by atoms with Crippen LogP contribution in [0.15, 0.2) is 88.7 Å². The number of benzene rings is 3. The first-order valence-electron chi connectivity index (χ1n) is 10.0. The molecular weight excluding hydrogens is 430 g/mol. The summed E-state index contributed by atoms with van der Waals surface area (Å²) >= 11 is 0. The number of aliphatic hydroxyl groups is 1. The van der Waals surface area contributed by atoms with Gasteiger partial charge in [-0.15, -0.1) is 0 Å². The molecule has 0 fully saturated rings. The number of sulfonamides is 1. The average Bonchev–Trinajstić information content (AvgIpc) is 2.74. The molecule has 3 aromatic rings. The Balaban J connectivity index is 1.83. The monoisotopic (exact) mass is 457 g/mol. The predicted molar refractivity (Wildman–Crippen MR) is 124 cm³/mol. The molecule has 0 aromatic heterocycles. The topological polar surface area (TPSA) is 83.5 Å². The van der Waals surface area contributed by atoms with Crippen LogP contribution >= 0.6 is 0 Å². The van der Waals surface area contributed by atoms with E-state index in [0.29, 0.717) is 10.5 Å². The SMILES string of the molecule is Cc1ccc(S(=O)C[C@@H](C[C@@H](O)c2ccccc2)NS(=O)(=O)c2ccc(C)cc2)cc1. The zero-order valence-electron chi connectivity index (χ0n) is 17.6. The van der Waals surface area contributed by atoms with E-state index in [-0.39, 0.29) is 17.1 Å². The highest BCUT2D eigenvalue weighted by Crippen LogP contribution is 2.21. The summed E-state index contributed by atoms with van der Waals surface area (Å²) in [6.45, 7) is 3.83. The lowest BCUT2D eigenvalue weighted by atomic mass is 10.0. The molecule has 3 rings (SSSR count). The molecule has 0 spiro atoms. The van der Waals surface area contributed by atoms with Gasteiger partial charge >= 0.3 is 0 Å². The average molecular weight is 458 g/mol. The molecule has 0 saturated heterocycles. The van der Waals surface area contributed by atoms with Crippen LogP contribution in [0, 0.1) is 13.8 Å². The van der Waals surface area contributed by atoms with Crippen LogP contribution in [0.25, 0.3) is 0 Å². The first-order chi connectivity index (χ1) is 14.7. The van der Waals surface area contributed by atoms with Gasteiger partial charge < -0.3 is 5.11 Å². The standard InChI is InChI=1S/C24H27NO4S2/c1-18-8-12-22(13-9-18)30(27)17-21(16-24(26)20-6-4-3-5-7-20)25-31(28,29)23-14-10-19(2)11-15-23/h3-15,21,24-26H,16-17H2,1-2H3/t21-,24-,30?/m1/s1. The third-order valence-electron chi connectivity index (χ3n) is 4.98. The summed E-state index contributed by atoms with van der Waals surface area (Å²) in [4.78, 5) is 0.762. The van der Waals surface area contributed by atoms with E-state index in [4.69, 9.17) is 0 Å². The van der Waals surface area contributed by atoms with Crippen molar-refractivity contribution in [3.8, 4) is 0 Å². The minimum Gasteiger partial charge on any atom is -0.388 e. The van der Waals surface area contributed by atoms with E-state index in [9.17, 15) is 17.7 Å². The van der Waals surface area contributed by atoms with Gasteiger partial charge in [0.05, 0.1) is 21.8 Å². The molecule has 0 heterocycles. The molecule has 31 heavy (non-hydrogen) atoms. The van der Waals surface area contributed by atoms with E-state index >= 15 is 0 Å². The van der Waals surface area contributed by atoms with Crippen LogP contribution in [0.3, 0.4) is 0 Å². The fourth-order valence-corrected chi connectivity index (χ4v) is 5.78. The third-order valence-corrected chi connectivity index (χ3v) is 8.02. The first-order valence-corrected chi connectivity index (χ1v) is 12.8. The van der Waals surface area contributed by atoms with Crippen LogP contribution in [0.5, 0.6) is 0 Å². The van der Waals surface area contributed by atoms with Gasteiger partial charge in [0.15, 0.2) is 0 Å². The Morgan fingerprint density at radius 2 is 1.42 bits per heavy atom. The zero-order chi connectivity index (χ0) is 22.4. The van der Waals surface area contributed by atoms with Gasteiger partial charge in [0, 0.05) is 16.7 Å². The summed E-state index contributed by atoms with van der Waals surface area (Å²) in [6.07, 6.45) is -0.783. The van der Waals surface area contributed by atoms with E-state index in [0.717, 1.165) is 11.1 Å². The van der Waals surface area contributed by atoms with Gasteiger partial charge in [-0.3, -0.25) is 4.21 Å². The molecule has 0 bridgehead atoms. The van der Waals surface area contributed by atoms with Crippen LogP contribution < -0.4 is 4.72 Å². The van der Waals surface area contributed by atoms with Gasteiger partial charge in [0.1, 0.15) is 0 Å². The molecule has 0 saturated carbocycles. The van der Waals surface area contributed by atoms with Gasteiger partial charge in [-0.25, -0.2) is 13.1 Å². The molecular formula is C24H27NO4S2. The van der Waals surface area contributed by atoms with Crippen molar-refractivity contribution in [3.63, 3.8) is 0 Å². The maximum Gasteiger partial charge on any atom is 0.240 e. The highest BCUT2D eigenvalue weighted by molar-refractivity contribution is 7.89. The molecule has 0 aliphatic heterocycles. The molecule has 1 unspecified atom stereocenters. The Morgan fingerprint density at radius 1 is 0.871 bits per heavy atom. The van der Waals surface area contributed by atoms with Crippen molar-refractivity contribution in [3.05, 3.63) is 95.6 Å². The Morgan fingerprint density at radius 3 is 2.00 bits per heavy atom. The van der Waals surface area contributed by atoms with Crippen molar-refractivity contribution in [2.75, 3.05) is 5.75 Å². The normalized spacial score (nSPS) is 14.7. The second kappa shape index (κ2) is 10.3. The second-order valence-electron chi connectivity index (χ2n) is 7.62. The maximum atomic E-state index is 12.9. The lowest BCUT2D eigenvalue weighted by Crippen LogP contribution is -2.39. The summed E-state index contributed by atoms with van der Waals surface area (Å²) in [5.74, 6) is 0.0536. The Kier molecular flexibility index (Phi) is 7.78. The minimum atomic E-state index is -3.83. The third kappa shape index (κ3) is 6.58. The lowest BCUT2D eigenvalue weighted by molar-refractivity contribution is 0.158. The molecule has 7 heteroatoms. The van der Waals surface area contributed by atoms with Gasteiger partial charge in [-0.1, -0.05) is 65.7 Å². The fraction of sp³-hybridized carbons (Fsp3) is 0.250. The van der Waals surface area contributed by atoms with Crippen molar-refractivity contribution in [2.45, 2.75) is 42.2 Å². The Bertz CT molecular complexity index is 1110. The molecule has 0 aliphatic rings. The van der Waals surface area contributed by atoms with Crippen molar-refractivity contribution in [2.24, 2.45) is 0 Å². The van der Waals surface area contributed by atoms with E-state index in [1.54, 1.807) is 48.5 Å². The van der Waals surface area contributed by atoms with Crippen molar-refractivity contribution >= 4 is 20.8 Å². The van der Waals surface area contributed by atoms with Crippen molar-refractivity contribution in [1.82, 2.24) is 4.72 Å². The number of rotatable bonds is 9. The maximum absolute atomic E-state index is 12.9. The summed E-state index contributed by atoms with van der Waals surface area (Å²) in [6, 6.07) is 22.2. The molecule has 0 amide bonds. The van der Waals surface area contributed by atoms with Gasteiger partial charge in [0.25, 0.3) is 0 Å². The van der Waals surface area contributed by atoms with Crippen molar-refractivity contribution in [1.29, 1.82) is 0 Å². The second-order valence-corrected chi connectivity index (χ2v) is 10.8. The molecule has 3 atom stereocenters. The van der Waals surface area contributed by atoms with Crippen LogP contribution in [0.2, 0.25) is 0 Å². The molecule has 164 valence electrons. The smallest absolute Gasteiger partial charge is 0.240 e. The number of hydrogen-bond donors (Lipinski definition) is 2. The fourth-order valence-electron chi connectivity index (χ4n) is 3.20. The quantitative estimate of drug-likeness (QED) is 0.511. The van der Waals surface area contributed by atoms with Crippen LogP contribution in [0.1, 0.15) is 29.2 Å². The highest BCUT2D eigenvalue weighted by atomic mass is 32.2. The van der Waals surface area contributed by atoms with Gasteiger partial charge in [0.2, 0.25) is 10.0 Å². The number of aliphatic hydroxyl groups excluding tert-OH is 1. The van der Waals surface area contributed by atoms with E-state index in [1.807, 2.05) is 44.2 Å². The van der Waals surface area contributed by atoms with E-state index in [1.165, 1.54) is 0 Å². The summed E-state index contributed by atoms with van der Waals surface area (Å²) in [5, 5.41) is 10.7. The van der Waals surface area contributed by atoms with Crippen molar-refractivity contribution < 1.29 is 17.7 Å². The highest BCUT2D eigenvalue weighted by Gasteiger charge is 2.25. The van der Waals surface area contributed by atoms with Gasteiger partial charge in [-0.2, -0.15) is 0 Å². The summed E-state index contributed by atoms with van der Waals surface area (Å²) < 4.78 is 41.5. The number of aryl methyl sites for hydroxylation is 2. The van der Waals surface area contributed by atoms with Crippen LogP contribution in [-0.2, 0) is 20.8 Å². The zero-order valence-corrected chi connectivity index (χ0v) is 19.2. The van der Waals surface area contributed by atoms with E-state index in [2.05, 4.69) is 4.72 Å². The molecule has 0 aliphatic carbocycles. The molecule has 3 aromatic carbocycles.